The van der Waals surface area contributed by atoms with E-state index in [1.165, 1.54) is 11.8 Å². The zero-order valence-corrected chi connectivity index (χ0v) is 23.1. The first-order valence-electron chi connectivity index (χ1n) is 12.2. The van der Waals surface area contributed by atoms with E-state index in [0.717, 1.165) is 29.3 Å². The Bertz CT molecular complexity index is 1420. The van der Waals surface area contributed by atoms with Gasteiger partial charge in [0.15, 0.2) is 17.1 Å². The summed E-state index contributed by atoms with van der Waals surface area (Å²) in [4.78, 5) is 43.4. The van der Waals surface area contributed by atoms with Crippen LogP contribution in [-0.2, 0) is 14.4 Å². The Morgan fingerprint density at radius 1 is 1.08 bits per heavy atom. The number of hydrogen-bond donors (Lipinski definition) is 2. The fraction of sp³-hybridized carbons (Fsp3) is 0.269. The molecule has 3 aromatic rings. The van der Waals surface area contributed by atoms with E-state index in [4.69, 9.17) is 26.1 Å². The smallest absolute Gasteiger partial charge is 0.266 e. The van der Waals surface area contributed by atoms with Gasteiger partial charge in [0.1, 0.15) is 9.84 Å². The molecule has 2 N–H and O–H groups in total. The van der Waals surface area contributed by atoms with Crippen LogP contribution in [0.1, 0.15) is 31.2 Å². The summed E-state index contributed by atoms with van der Waals surface area (Å²) in [5, 5.41) is 0.391. The third kappa shape index (κ3) is 6.91. The molecule has 0 radical (unpaired) electrons. The minimum Gasteiger partial charge on any atom is -0.454 e. The predicted molar refractivity (Wildman–Crippen MR) is 152 cm³/mol. The second-order valence-electron chi connectivity index (χ2n) is 8.59. The maximum absolute atomic E-state index is 12.8. The van der Waals surface area contributed by atoms with Gasteiger partial charge < -0.3 is 13.9 Å². The number of ether oxygens (including phenoxy) is 2. The molecule has 3 amide bonds. The fourth-order valence-corrected chi connectivity index (χ4v) is 5.80. The summed E-state index contributed by atoms with van der Waals surface area (Å²) in [6, 6.07) is 12.9. The van der Waals surface area contributed by atoms with Crippen LogP contribution in [0.3, 0.4) is 0 Å². The van der Waals surface area contributed by atoms with Gasteiger partial charge in [-0.2, -0.15) is 0 Å². The van der Waals surface area contributed by atoms with Gasteiger partial charge in [-0.25, -0.2) is 4.98 Å². The zero-order chi connectivity index (χ0) is 27.2. The maximum Gasteiger partial charge on any atom is 0.266 e. The number of rotatable bonds is 10. The van der Waals surface area contributed by atoms with Gasteiger partial charge >= 0.3 is 0 Å². The number of hydrazine groups is 1. The lowest BCUT2D eigenvalue weighted by Crippen LogP contribution is -2.42. The van der Waals surface area contributed by atoms with Gasteiger partial charge in [0.2, 0.25) is 18.6 Å². The molecule has 1 saturated heterocycles. The molecule has 13 heteroatoms. The van der Waals surface area contributed by atoms with E-state index in [2.05, 4.69) is 15.8 Å². The molecule has 1 fully saturated rings. The van der Waals surface area contributed by atoms with Gasteiger partial charge in [0.25, 0.3) is 11.1 Å². The van der Waals surface area contributed by atoms with E-state index in [0.29, 0.717) is 50.9 Å². The molecule has 5 rings (SSSR count). The molecule has 3 heterocycles. The number of nitrogens with zero attached hydrogens (tertiary/aromatic N) is 2. The average Bonchev–Trinajstić information content (AvgIpc) is 3.64. The van der Waals surface area contributed by atoms with E-state index in [1.54, 1.807) is 17.0 Å². The third-order valence-corrected chi connectivity index (χ3v) is 8.00. The minimum atomic E-state index is -0.362. The molecular weight excluding hydrogens is 561 g/mol. The van der Waals surface area contributed by atoms with Crippen molar-refractivity contribution in [3.63, 3.8) is 0 Å². The van der Waals surface area contributed by atoms with Crippen molar-refractivity contribution in [1.29, 1.82) is 0 Å². The lowest BCUT2D eigenvalue weighted by Gasteiger charge is -2.14. The van der Waals surface area contributed by atoms with Gasteiger partial charge in [0, 0.05) is 13.0 Å². The highest BCUT2D eigenvalue weighted by Gasteiger charge is 2.31. The van der Waals surface area contributed by atoms with Crippen LogP contribution in [0.15, 0.2) is 57.0 Å². The third-order valence-electron chi connectivity index (χ3n) is 5.80. The van der Waals surface area contributed by atoms with Gasteiger partial charge in [-0.1, -0.05) is 60.4 Å². The normalized spacial score (nSPS) is 15.4. The fourth-order valence-electron chi connectivity index (χ4n) is 3.86. The van der Waals surface area contributed by atoms with Crippen molar-refractivity contribution >= 4 is 75.0 Å². The van der Waals surface area contributed by atoms with Gasteiger partial charge in [0.05, 0.1) is 10.7 Å². The van der Waals surface area contributed by atoms with Crippen molar-refractivity contribution in [3.05, 3.63) is 52.9 Å². The Morgan fingerprint density at radius 3 is 2.77 bits per heavy atom. The van der Waals surface area contributed by atoms with Gasteiger partial charge in [-0.05, 0) is 48.7 Å². The number of hydrogen-bond acceptors (Lipinski definition) is 10. The van der Waals surface area contributed by atoms with Crippen LogP contribution in [-0.4, -0.2) is 51.0 Å². The molecule has 0 aliphatic carbocycles. The van der Waals surface area contributed by atoms with E-state index in [1.807, 2.05) is 36.4 Å². The second-order valence-corrected chi connectivity index (χ2v) is 11.2. The summed E-state index contributed by atoms with van der Waals surface area (Å²) in [6.45, 7) is 0.674. The highest BCUT2D eigenvalue weighted by atomic mass is 32.2. The largest absolute Gasteiger partial charge is 0.454 e. The number of thioether (sulfide) groups is 2. The highest BCUT2D eigenvalue weighted by Crippen LogP contribution is 2.36. The molecule has 0 bridgehead atoms. The SMILES string of the molecule is O=C(CCCCCN1C(=O)/C(=C/c2ccc3c(c2)OCO3)SC1=S)NNC(=O)CSc1nc2ccccc2o1. The number of aromatic nitrogens is 1. The number of para-hydroxylation sites is 2. The summed E-state index contributed by atoms with van der Waals surface area (Å²) in [6.07, 6.45) is 4.09. The van der Waals surface area contributed by atoms with Crippen LogP contribution >= 0.6 is 35.7 Å². The molecule has 10 nitrogen and oxygen atoms in total. The molecule has 1 aromatic heterocycles. The molecule has 0 spiro atoms. The average molecular weight is 585 g/mol. The van der Waals surface area contributed by atoms with Crippen LogP contribution in [0.5, 0.6) is 11.5 Å². The molecule has 2 aliphatic rings. The van der Waals surface area contributed by atoms with Crippen molar-refractivity contribution in [1.82, 2.24) is 20.7 Å². The zero-order valence-electron chi connectivity index (χ0n) is 20.6. The first-order valence-corrected chi connectivity index (χ1v) is 14.4. The molecule has 0 unspecified atom stereocenters. The van der Waals surface area contributed by atoms with E-state index >= 15 is 0 Å². The standard InChI is InChI=1S/C26H24N4O6S3/c31-22(28-29-23(32)14-38-25-27-17-6-3-4-7-18(17)36-25)8-2-1-5-11-30-24(33)21(39-26(30)37)13-16-9-10-19-20(12-16)35-15-34-19/h3-4,6-7,9-10,12-13H,1-2,5,8,11,14-15H2,(H,28,31)(H,29,32)/b21-13-. The molecule has 202 valence electrons. The number of carbonyl (C=O) groups excluding carboxylic acids is 3. The van der Waals surface area contributed by atoms with E-state index in [9.17, 15) is 14.4 Å². The van der Waals surface area contributed by atoms with E-state index < -0.39 is 0 Å². The van der Waals surface area contributed by atoms with Crippen molar-refractivity contribution in [2.45, 2.75) is 30.9 Å². The van der Waals surface area contributed by atoms with Crippen LogP contribution in [0.2, 0.25) is 0 Å². The molecular formula is C26H24N4O6S3. The maximum atomic E-state index is 12.8. The molecule has 2 aromatic carbocycles. The number of benzene rings is 2. The summed E-state index contributed by atoms with van der Waals surface area (Å²) in [5.41, 5.74) is 7.03. The highest BCUT2D eigenvalue weighted by molar-refractivity contribution is 8.26. The lowest BCUT2D eigenvalue weighted by molar-refractivity contribution is -0.127. The first kappa shape index (κ1) is 27.0. The van der Waals surface area contributed by atoms with Crippen LogP contribution < -0.4 is 20.3 Å². The number of oxazole rings is 1. The van der Waals surface area contributed by atoms with Crippen LogP contribution in [0, 0.1) is 0 Å². The number of thiocarbonyl (C=S) groups is 1. The first-order chi connectivity index (χ1) is 19.0. The number of fused-ring (bicyclic) bond motifs is 2. The Morgan fingerprint density at radius 2 is 1.90 bits per heavy atom. The van der Waals surface area contributed by atoms with Crippen LogP contribution in [0.4, 0.5) is 0 Å². The van der Waals surface area contributed by atoms with Gasteiger partial charge in [-0.3, -0.25) is 30.1 Å². The van der Waals surface area contributed by atoms with Gasteiger partial charge in [-0.15, -0.1) is 0 Å². The van der Waals surface area contributed by atoms with Crippen molar-refractivity contribution in [2.24, 2.45) is 0 Å². The Hall–Kier alpha value is -3.55. The number of amides is 3. The minimum absolute atomic E-state index is 0.0555. The Balaban J connectivity index is 0.971. The second kappa shape index (κ2) is 12.5. The molecule has 0 saturated carbocycles. The van der Waals surface area contributed by atoms with Crippen molar-refractivity contribution < 1.29 is 28.3 Å². The Labute approximate surface area is 237 Å². The quantitative estimate of drug-likeness (QED) is 0.118. The lowest BCUT2D eigenvalue weighted by atomic mass is 10.1. The Kier molecular flexibility index (Phi) is 8.69. The summed E-state index contributed by atoms with van der Waals surface area (Å²) in [5.74, 6) is 0.623. The number of carbonyl (C=O) groups is 3. The summed E-state index contributed by atoms with van der Waals surface area (Å²) >= 11 is 7.82. The number of unbranched alkanes of at least 4 members (excludes halogenated alkanes) is 2. The predicted octanol–water partition coefficient (Wildman–Crippen LogP) is 4.26. The van der Waals surface area contributed by atoms with Crippen LogP contribution in [0.25, 0.3) is 17.2 Å². The molecule has 0 atom stereocenters. The summed E-state index contributed by atoms with van der Waals surface area (Å²) < 4.78 is 16.8. The molecule has 39 heavy (non-hydrogen) atoms. The number of nitrogens with one attached hydrogen (secondary N) is 2. The van der Waals surface area contributed by atoms with Crippen molar-refractivity contribution in [3.8, 4) is 11.5 Å². The molecule has 2 aliphatic heterocycles. The topological polar surface area (TPSA) is 123 Å². The monoisotopic (exact) mass is 584 g/mol. The van der Waals surface area contributed by atoms with E-state index in [-0.39, 0.29) is 36.7 Å². The summed E-state index contributed by atoms with van der Waals surface area (Å²) in [7, 11) is 0. The van der Waals surface area contributed by atoms with Crippen molar-refractivity contribution in [2.75, 3.05) is 19.1 Å².